The zero-order valence-electron chi connectivity index (χ0n) is 14.9. The summed E-state index contributed by atoms with van der Waals surface area (Å²) in [5, 5.41) is 0. The number of carbonyl (C=O) groups is 1. The molecule has 6 nitrogen and oxygen atoms in total. The quantitative estimate of drug-likeness (QED) is 0.806. The van der Waals surface area contributed by atoms with Crippen molar-refractivity contribution in [3.05, 3.63) is 53.6 Å². The molecular formula is C19H23N3O3S. The van der Waals surface area contributed by atoms with Gasteiger partial charge in [-0.15, -0.1) is 0 Å². The van der Waals surface area contributed by atoms with Crippen molar-refractivity contribution in [1.29, 1.82) is 0 Å². The number of sulfonamides is 1. The highest BCUT2D eigenvalue weighted by molar-refractivity contribution is 7.89. The number of benzene rings is 2. The van der Waals surface area contributed by atoms with Crippen molar-refractivity contribution >= 4 is 27.3 Å². The number of carbonyl (C=O) groups excluding carboxylic acids is 1. The topological polar surface area (TPSA) is 92.5 Å². The fraction of sp³-hybridized carbons (Fsp3) is 0.316. The van der Waals surface area contributed by atoms with Crippen LogP contribution in [0.2, 0.25) is 0 Å². The third-order valence-electron chi connectivity index (χ3n) is 4.33. The van der Waals surface area contributed by atoms with Crippen LogP contribution in [0, 0.1) is 0 Å². The summed E-state index contributed by atoms with van der Waals surface area (Å²) < 4.78 is 26.9. The van der Waals surface area contributed by atoms with E-state index in [2.05, 4.69) is 4.72 Å². The van der Waals surface area contributed by atoms with Gasteiger partial charge in [0.1, 0.15) is 0 Å². The van der Waals surface area contributed by atoms with Crippen molar-refractivity contribution in [2.24, 2.45) is 0 Å². The van der Waals surface area contributed by atoms with Crippen LogP contribution in [0.3, 0.4) is 0 Å². The van der Waals surface area contributed by atoms with Crippen molar-refractivity contribution in [2.45, 2.75) is 37.6 Å². The number of hydrogen-bond donors (Lipinski definition) is 2. The van der Waals surface area contributed by atoms with E-state index in [0.29, 0.717) is 17.8 Å². The molecule has 0 aromatic heterocycles. The summed E-state index contributed by atoms with van der Waals surface area (Å²) in [6.45, 7) is 4.13. The van der Waals surface area contributed by atoms with E-state index >= 15 is 0 Å². The molecule has 0 bridgehead atoms. The Bertz CT molecular complexity index is 922. The monoisotopic (exact) mass is 373 g/mol. The van der Waals surface area contributed by atoms with Crippen LogP contribution in [-0.2, 0) is 16.4 Å². The van der Waals surface area contributed by atoms with Crippen molar-refractivity contribution in [1.82, 2.24) is 4.72 Å². The second-order valence-electron chi connectivity index (χ2n) is 6.71. The van der Waals surface area contributed by atoms with Crippen LogP contribution in [0.15, 0.2) is 47.4 Å². The minimum absolute atomic E-state index is 0.144. The predicted molar refractivity (Wildman–Crippen MR) is 103 cm³/mol. The number of nitrogens with zero attached hydrogens (tertiary/aromatic N) is 1. The van der Waals surface area contributed by atoms with Gasteiger partial charge in [-0.1, -0.05) is 6.07 Å². The van der Waals surface area contributed by atoms with E-state index in [1.54, 1.807) is 30.9 Å². The van der Waals surface area contributed by atoms with Gasteiger partial charge in [-0.3, -0.25) is 4.79 Å². The Morgan fingerprint density at radius 2 is 1.85 bits per heavy atom. The summed E-state index contributed by atoms with van der Waals surface area (Å²) in [6, 6.07) is 11.4. The number of fused-ring (bicyclic) bond motifs is 1. The molecule has 1 amide bonds. The molecule has 3 N–H and O–H groups in total. The molecule has 1 aliphatic rings. The highest BCUT2D eigenvalue weighted by Gasteiger charge is 2.25. The van der Waals surface area contributed by atoms with Gasteiger partial charge in [0.05, 0.1) is 4.90 Å². The Morgan fingerprint density at radius 3 is 2.50 bits per heavy atom. The SMILES string of the molecule is CC(C)NS(=O)(=O)c1ccc(C(=O)N2CCCc3c(N)cccc32)cc1. The number of nitrogen functional groups attached to an aromatic ring is 1. The molecule has 0 unspecified atom stereocenters. The standard InChI is InChI=1S/C19H23N3O3S/c1-13(2)21-26(24,25)15-10-8-14(9-11-15)19(23)22-12-4-5-16-17(20)6-3-7-18(16)22/h3,6-11,13,21H,4-5,12,20H2,1-2H3. The summed E-state index contributed by atoms with van der Waals surface area (Å²) in [4.78, 5) is 14.8. The second-order valence-corrected chi connectivity index (χ2v) is 8.42. The zero-order chi connectivity index (χ0) is 18.9. The molecule has 0 radical (unpaired) electrons. The van der Waals surface area contributed by atoms with E-state index in [0.717, 1.165) is 24.1 Å². The van der Waals surface area contributed by atoms with Crippen LogP contribution >= 0.6 is 0 Å². The number of rotatable bonds is 4. The summed E-state index contributed by atoms with van der Waals surface area (Å²) in [7, 11) is -3.57. The van der Waals surface area contributed by atoms with Gasteiger partial charge >= 0.3 is 0 Å². The van der Waals surface area contributed by atoms with Gasteiger partial charge in [0, 0.05) is 29.5 Å². The summed E-state index contributed by atoms with van der Waals surface area (Å²) >= 11 is 0. The molecule has 2 aromatic carbocycles. The Hall–Kier alpha value is -2.38. The van der Waals surface area contributed by atoms with E-state index in [-0.39, 0.29) is 16.8 Å². The first-order valence-electron chi connectivity index (χ1n) is 8.61. The molecule has 3 rings (SSSR count). The van der Waals surface area contributed by atoms with Gasteiger partial charge in [-0.2, -0.15) is 0 Å². The van der Waals surface area contributed by atoms with E-state index < -0.39 is 10.0 Å². The molecule has 0 saturated heterocycles. The van der Waals surface area contributed by atoms with Gasteiger partial charge in [0.15, 0.2) is 0 Å². The van der Waals surface area contributed by atoms with Gasteiger partial charge in [-0.25, -0.2) is 13.1 Å². The summed E-state index contributed by atoms with van der Waals surface area (Å²) in [5.74, 6) is -0.155. The van der Waals surface area contributed by atoms with Gasteiger partial charge in [-0.05, 0) is 68.7 Å². The van der Waals surface area contributed by atoms with E-state index in [9.17, 15) is 13.2 Å². The fourth-order valence-electron chi connectivity index (χ4n) is 3.17. The minimum Gasteiger partial charge on any atom is -0.398 e. The molecule has 0 fully saturated rings. The van der Waals surface area contributed by atoms with E-state index in [1.165, 1.54) is 12.1 Å². The Balaban J connectivity index is 1.88. The average Bonchev–Trinajstić information content (AvgIpc) is 2.60. The van der Waals surface area contributed by atoms with E-state index in [4.69, 9.17) is 5.73 Å². The number of nitrogens with two attached hydrogens (primary N) is 1. The first-order chi connectivity index (χ1) is 12.3. The molecular weight excluding hydrogens is 350 g/mol. The maximum atomic E-state index is 12.9. The van der Waals surface area contributed by atoms with Crippen LogP contribution in [0.25, 0.3) is 0 Å². The molecule has 1 aliphatic heterocycles. The largest absolute Gasteiger partial charge is 0.398 e. The van der Waals surface area contributed by atoms with Gasteiger partial charge in [0.25, 0.3) is 5.91 Å². The van der Waals surface area contributed by atoms with E-state index in [1.807, 2.05) is 18.2 Å². The van der Waals surface area contributed by atoms with Crippen molar-refractivity contribution in [2.75, 3.05) is 17.2 Å². The number of anilines is 2. The summed E-state index contributed by atoms with van der Waals surface area (Å²) in [5.41, 5.74) is 9.01. The second kappa shape index (κ2) is 7.09. The first-order valence-corrected chi connectivity index (χ1v) is 10.1. The number of amides is 1. The molecule has 2 aromatic rings. The molecule has 1 heterocycles. The lowest BCUT2D eigenvalue weighted by atomic mass is 9.99. The van der Waals surface area contributed by atoms with Crippen LogP contribution < -0.4 is 15.4 Å². The molecule has 26 heavy (non-hydrogen) atoms. The van der Waals surface area contributed by atoms with Crippen molar-refractivity contribution in [3.63, 3.8) is 0 Å². The fourth-order valence-corrected chi connectivity index (χ4v) is 4.42. The van der Waals surface area contributed by atoms with Gasteiger partial charge < -0.3 is 10.6 Å². The number of nitrogens with one attached hydrogen (secondary N) is 1. The Morgan fingerprint density at radius 1 is 1.15 bits per heavy atom. The molecule has 0 saturated carbocycles. The Kier molecular flexibility index (Phi) is 5.02. The van der Waals surface area contributed by atoms with Gasteiger partial charge in [0.2, 0.25) is 10.0 Å². The number of hydrogen-bond acceptors (Lipinski definition) is 4. The normalized spacial score (nSPS) is 14.3. The maximum absolute atomic E-state index is 12.9. The third-order valence-corrected chi connectivity index (χ3v) is 6.01. The van der Waals surface area contributed by atoms with Crippen LogP contribution in [-0.4, -0.2) is 26.9 Å². The first kappa shape index (κ1) is 18.4. The molecule has 7 heteroatoms. The van der Waals surface area contributed by atoms with Crippen molar-refractivity contribution < 1.29 is 13.2 Å². The highest BCUT2D eigenvalue weighted by Crippen LogP contribution is 2.32. The smallest absolute Gasteiger partial charge is 0.258 e. The van der Waals surface area contributed by atoms with Crippen LogP contribution in [0.1, 0.15) is 36.2 Å². The molecule has 138 valence electrons. The molecule has 0 spiro atoms. The minimum atomic E-state index is -3.57. The van der Waals surface area contributed by atoms with Crippen molar-refractivity contribution in [3.8, 4) is 0 Å². The average molecular weight is 373 g/mol. The lowest BCUT2D eigenvalue weighted by Gasteiger charge is -2.30. The lowest BCUT2D eigenvalue weighted by Crippen LogP contribution is -2.35. The highest BCUT2D eigenvalue weighted by atomic mass is 32.2. The lowest BCUT2D eigenvalue weighted by molar-refractivity contribution is 0.0985. The van der Waals surface area contributed by atoms with Crippen LogP contribution in [0.4, 0.5) is 11.4 Å². The summed E-state index contributed by atoms with van der Waals surface area (Å²) in [6.07, 6.45) is 1.70. The third kappa shape index (κ3) is 3.59. The molecule has 0 atom stereocenters. The van der Waals surface area contributed by atoms with Crippen LogP contribution in [0.5, 0.6) is 0 Å². The molecule has 0 aliphatic carbocycles. The Labute approximate surface area is 154 Å². The predicted octanol–water partition coefficient (Wildman–Crippen LogP) is 2.55. The zero-order valence-corrected chi connectivity index (χ0v) is 15.7. The maximum Gasteiger partial charge on any atom is 0.258 e.